The lowest BCUT2D eigenvalue weighted by molar-refractivity contribution is -0.137. The third-order valence-electron chi connectivity index (χ3n) is 5.40. The summed E-state index contributed by atoms with van der Waals surface area (Å²) < 4.78 is 38.4. The van der Waals surface area contributed by atoms with Crippen LogP contribution in [0.1, 0.15) is 34.7 Å². The number of alkyl halides is 3. The van der Waals surface area contributed by atoms with Crippen LogP contribution >= 0.6 is 0 Å². The van der Waals surface area contributed by atoms with Crippen LogP contribution in [-0.2, 0) is 17.4 Å². The molecule has 0 heterocycles. The number of aryl methyl sites for hydroxylation is 2. The number of anilines is 1. The molecule has 3 aromatic rings. The summed E-state index contributed by atoms with van der Waals surface area (Å²) in [5, 5.41) is 2.77. The molecule has 0 bridgehead atoms. The van der Waals surface area contributed by atoms with Gasteiger partial charge in [0, 0.05) is 19.3 Å². The van der Waals surface area contributed by atoms with Gasteiger partial charge < -0.3 is 10.2 Å². The SMILES string of the molecule is CNC(=O)C(c1ccccc1)N(CCCc1ccc(C(F)(F)F)cc1)c1cccc(C)c1. The van der Waals surface area contributed by atoms with Gasteiger partial charge in [-0.1, -0.05) is 54.6 Å². The number of rotatable bonds is 8. The van der Waals surface area contributed by atoms with E-state index < -0.39 is 17.8 Å². The van der Waals surface area contributed by atoms with E-state index in [2.05, 4.69) is 10.2 Å². The highest BCUT2D eigenvalue weighted by Crippen LogP contribution is 2.30. The zero-order chi connectivity index (χ0) is 23.1. The van der Waals surface area contributed by atoms with E-state index in [0.29, 0.717) is 19.4 Å². The zero-order valence-corrected chi connectivity index (χ0v) is 18.2. The Labute approximate surface area is 186 Å². The van der Waals surface area contributed by atoms with E-state index >= 15 is 0 Å². The summed E-state index contributed by atoms with van der Waals surface area (Å²) in [6, 6.07) is 22.3. The van der Waals surface area contributed by atoms with Crippen molar-refractivity contribution in [2.24, 2.45) is 0 Å². The van der Waals surface area contributed by atoms with Crippen molar-refractivity contribution in [3.05, 3.63) is 101 Å². The van der Waals surface area contributed by atoms with Crippen molar-refractivity contribution in [2.75, 3.05) is 18.5 Å². The number of nitrogens with zero attached hydrogens (tertiary/aromatic N) is 1. The largest absolute Gasteiger partial charge is 0.416 e. The quantitative estimate of drug-likeness (QED) is 0.470. The molecule has 0 saturated heterocycles. The zero-order valence-electron chi connectivity index (χ0n) is 18.2. The highest BCUT2D eigenvalue weighted by Gasteiger charge is 2.30. The predicted molar refractivity (Wildman–Crippen MR) is 122 cm³/mol. The molecule has 0 fully saturated rings. The second kappa shape index (κ2) is 10.4. The summed E-state index contributed by atoms with van der Waals surface area (Å²) in [6.07, 6.45) is -3.05. The van der Waals surface area contributed by atoms with Crippen molar-refractivity contribution in [1.29, 1.82) is 0 Å². The first-order valence-electron chi connectivity index (χ1n) is 10.6. The summed E-state index contributed by atoms with van der Waals surface area (Å²) in [7, 11) is 1.62. The van der Waals surface area contributed by atoms with Crippen LogP contribution < -0.4 is 10.2 Å². The van der Waals surface area contributed by atoms with E-state index in [4.69, 9.17) is 0 Å². The molecule has 3 rings (SSSR count). The number of nitrogens with one attached hydrogen (secondary N) is 1. The number of likely N-dealkylation sites (N-methyl/N-ethyl adjacent to an activating group) is 1. The fraction of sp³-hybridized carbons (Fsp3) is 0.269. The lowest BCUT2D eigenvalue weighted by Crippen LogP contribution is -2.40. The van der Waals surface area contributed by atoms with Crippen molar-refractivity contribution in [2.45, 2.75) is 32.0 Å². The maximum Gasteiger partial charge on any atom is 0.416 e. The minimum absolute atomic E-state index is 0.118. The Morgan fingerprint density at radius 2 is 1.66 bits per heavy atom. The second-order valence-corrected chi connectivity index (χ2v) is 7.76. The van der Waals surface area contributed by atoms with Gasteiger partial charge in [-0.05, 0) is 60.7 Å². The molecule has 0 aliphatic heterocycles. The van der Waals surface area contributed by atoms with Gasteiger partial charge in [0.1, 0.15) is 6.04 Å². The Hall–Kier alpha value is -3.28. The van der Waals surface area contributed by atoms with Gasteiger partial charge in [0.05, 0.1) is 5.56 Å². The van der Waals surface area contributed by atoms with E-state index in [9.17, 15) is 18.0 Å². The molecule has 0 spiro atoms. The Kier molecular flexibility index (Phi) is 7.57. The van der Waals surface area contributed by atoms with Gasteiger partial charge >= 0.3 is 6.18 Å². The van der Waals surface area contributed by atoms with Crippen molar-refractivity contribution in [1.82, 2.24) is 5.32 Å². The fourth-order valence-corrected chi connectivity index (χ4v) is 3.77. The Balaban J connectivity index is 1.84. The molecule has 0 aliphatic carbocycles. The number of carbonyl (C=O) groups is 1. The minimum Gasteiger partial charge on any atom is -0.357 e. The molecule has 0 aromatic heterocycles. The maximum atomic E-state index is 12.9. The van der Waals surface area contributed by atoms with Crippen molar-refractivity contribution < 1.29 is 18.0 Å². The number of amides is 1. The molecule has 1 atom stereocenters. The molecule has 3 aromatic carbocycles. The normalized spacial score (nSPS) is 12.3. The van der Waals surface area contributed by atoms with E-state index in [1.54, 1.807) is 7.05 Å². The van der Waals surface area contributed by atoms with Gasteiger partial charge in [0.2, 0.25) is 5.91 Å². The molecule has 1 unspecified atom stereocenters. The van der Waals surface area contributed by atoms with Crippen LogP contribution in [0.2, 0.25) is 0 Å². The summed E-state index contributed by atoms with van der Waals surface area (Å²) in [5.41, 5.74) is 3.07. The number of hydrogen-bond donors (Lipinski definition) is 1. The summed E-state index contributed by atoms with van der Waals surface area (Å²) in [4.78, 5) is 15.0. The average molecular weight is 441 g/mol. The van der Waals surface area contributed by atoms with Crippen LogP contribution in [0.5, 0.6) is 0 Å². The van der Waals surface area contributed by atoms with Gasteiger partial charge in [-0.15, -0.1) is 0 Å². The Morgan fingerprint density at radius 1 is 0.969 bits per heavy atom. The first-order chi connectivity index (χ1) is 15.3. The van der Waals surface area contributed by atoms with E-state index in [1.807, 2.05) is 61.5 Å². The molecule has 6 heteroatoms. The predicted octanol–water partition coefficient (Wildman–Crippen LogP) is 5.94. The fourth-order valence-electron chi connectivity index (χ4n) is 3.77. The van der Waals surface area contributed by atoms with Crippen LogP contribution in [-0.4, -0.2) is 19.5 Å². The molecular weight excluding hydrogens is 413 g/mol. The third kappa shape index (κ3) is 5.90. The molecule has 3 nitrogen and oxygen atoms in total. The standard InChI is InChI=1S/C26H27F3N2O/c1-19-8-6-12-23(18-19)31(24(25(32)30-2)21-10-4-3-5-11-21)17-7-9-20-13-15-22(16-14-20)26(27,28)29/h3-6,8,10-16,18,24H,7,9,17H2,1-2H3,(H,30,32). The molecule has 0 radical (unpaired) electrons. The van der Waals surface area contributed by atoms with Gasteiger partial charge in [-0.25, -0.2) is 0 Å². The highest BCUT2D eigenvalue weighted by molar-refractivity contribution is 5.86. The molecule has 1 N–H and O–H groups in total. The van der Waals surface area contributed by atoms with E-state index in [0.717, 1.165) is 34.5 Å². The smallest absolute Gasteiger partial charge is 0.357 e. The van der Waals surface area contributed by atoms with Crippen LogP contribution in [0.3, 0.4) is 0 Å². The topological polar surface area (TPSA) is 32.3 Å². The van der Waals surface area contributed by atoms with Crippen molar-refractivity contribution in [3.8, 4) is 0 Å². The average Bonchev–Trinajstić information content (AvgIpc) is 2.78. The summed E-state index contributed by atoms with van der Waals surface area (Å²) in [6.45, 7) is 2.57. The highest BCUT2D eigenvalue weighted by atomic mass is 19.4. The molecular formula is C26H27F3N2O. The Bertz CT molecular complexity index is 1020. The number of hydrogen-bond acceptors (Lipinski definition) is 2. The Morgan fingerprint density at radius 3 is 2.25 bits per heavy atom. The molecule has 32 heavy (non-hydrogen) atoms. The van der Waals surface area contributed by atoms with Crippen LogP contribution in [0.25, 0.3) is 0 Å². The monoisotopic (exact) mass is 440 g/mol. The third-order valence-corrected chi connectivity index (χ3v) is 5.40. The first kappa shape index (κ1) is 23.4. The van der Waals surface area contributed by atoms with Gasteiger partial charge in [0.25, 0.3) is 0 Å². The lowest BCUT2D eigenvalue weighted by atomic mass is 10.0. The molecule has 0 aliphatic rings. The lowest BCUT2D eigenvalue weighted by Gasteiger charge is -2.33. The minimum atomic E-state index is -4.34. The van der Waals surface area contributed by atoms with Crippen LogP contribution in [0.4, 0.5) is 18.9 Å². The summed E-state index contributed by atoms with van der Waals surface area (Å²) >= 11 is 0. The first-order valence-corrected chi connectivity index (χ1v) is 10.6. The number of carbonyl (C=O) groups excluding carboxylic acids is 1. The van der Waals surface area contributed by atoms with Crippen LogP contribution in [0, 0.1) is 6.92 Å². The summed E-state index contributed by atoms with van der Waals surface area (Å²) in [5.74, 6) is -0.118. The number of halogens is 3. The van der Waals surface area contributed by atoms with Crippen molar-refractivity contribution >= 4 is 11.6 Å². The van der Waals surface area contributed by atoms with Crippen molar-refractivity contribution in [3.63, 3.8) is 0 Å². The molecule has 1 amide bonds. The van der Waals surface area contributed by atoms with Gasteiger partial charge in [0.15, 0.2) is 0 Å². The molecule has 0 saturated carbocycles. The van der Waals surface area contributed by atoms with E-state index in [-0.39, 0.29) is 5.91 Å². The van der Waals surface area contributed by atoms with E-state index in [1.165, 1.54) is 12.1 Å². The maximum absolute atomic E-state index is 12.9. The van der Waals surface area contributed by atoms with Crippen LogP contribution in [0.15, 0.2) is 78.9 Å². The second-order valence-electron chi connectivity index (χ2n) is 7.76. The number of benzene rings is 3. The van der Waals surface area contributed by atoms with Gasteiger partial charge in [-0.2, -0.15) is 13.2 Å². The van der Waals surface area contributed by atoms with Gasteiger partial charge in [-0.3, -0.25) is 4.79 Å². The molecule has 168 valence electrons.